The molecule has 2 rings (SSSR count). The van der Waals surface area contributed by atoms with E-state index in [1.807, 2.05) is 0 Å². The SMILES string of the molecule is CCCCCCCC(OCC1CO1)OCC1CO1. The Hall–Kier alpha value is -0.160. The maximum atomic E-state index is 5.75. The molecule has 2 aliphatic rings. The van der Waals surface area contributed by atoms with Crippen molar-refractivity contribution >= 4 is 0 Å². The van der Waals surface area contributed by atoms with Crippen LogP contribution in [0.3, 0.4) is 0 Å². The summed E-state index contributed by atoms with van der Waals surface area (Å²) < 4.78 is 21.8. The molecular weight excluding hydrogens is 232 g/mol. The van der Waals surface area contributed by atoms with E-state index in [9.17, 15) is 0 Å². The van der Waals surface area contributed by atoms with Gasteiger partial charge in [-0.05, 0) is 12.8 Å². The van der Waals surface area contributed by atoms with Crippen molar-refractivity contribution in [2.45, 2.75) is 63.9 Å². The fourth-order valence-corrected chi connectivity index (χ4v) is 1.89. The monoisotopic (exact) mass is 258 g/mol. The number of epoxide rings is 2. The third-order valence-corrected chi connectivity index (χ3v) is 3.28. The summed E-state index contributed by atoms with van der Waals surface area (Å²) in [4.78, 5) is 0. The van der Waals surface area contributed by atoms with Crippen LogP contribution in [0, 0.1) is 0 Å². The van der Waals surface area contributed by atoms with E-state index in [0.29, 0.717) is 25.4 Å². The summed E-state index contributed by atoms with van der Waals surface area (Å²) in [6.07, 6.45) is 7.94. The van der Waals surface area contributed by atoms with Crippen molar-refractivity contribution in [2.24, 2.45) is 0 Å². The first-order chi connectivity index (χ1) is 8.88. The minimum Gasteiger partial charge on any atom is -0.371 e. The smallest absolute Gasteiger partial charge is 0.157 e. The molecule has 106 valence electrons. The first-order valence-corrected chi connectivity index (χ1v) is 7.35. The first kappa shape index (κ1) is 14.3. The van der Waals surface area contributed by atoms with Gasteiger partial charge in [0.2, 0.25) is 0 Å². The van der Waals surface area contributed by atoms with E-state index in [1.54, 1.807) is 0 Å². The van der Waals surface area contributed by atoms with Gasteiger partial charge in [-0.15, -0.1) is 0 Å². The maximum Gasteiger partial charge on any atom is 0.157 e. The fourth-order valence-electron chi connectivity index (χ4n) is 1.89. The van der Waals surface area contributed by atoms with Crippen LogP contribution >= 0.6 is 0 Å². The third kappa shape index (κ3) is 6.69. The molecule has 4 heteroatoms. The van der Waals surface area contributed by atoms with Crippen molar-refractivity contribution in [1.82, 2.24) is 0 Å². The number of hydrogen-bond donors (Lipinski definition) is 0. The van der Waals surface area contributed by atoms with Crippen LogP contribution in [0.2, 0.25) is 0 Å². The zero-order valence-corrected chi connectivity index (χ0v) is 11.4. The molecule has 2 saturated heterocycles. The van der Waals surface area contributed by atoms with Crippen molar-refractivity contribution in [3.63, 3.8) is 0 Å². The molecule has 0 aliphatic carbocycles. The van der Waals surface area contributed by atoms with Gasteiger partial charge in [0.05, 0.1) is 26.4 Å². The maximum absolute atomic E-state index is 5.75. The lowest BCUT2D eigenvalue weighted by atomic mass is 10.1. The highest BCUT2D eigenvalue weighted by Gasteiger charge is 2.27. The predicted octanol–water partition coefficient (Wildman–Crippen LogP) is 2.50. The summed E-state index contributed by atoms with van der Waals surface area (Å²) in [5.41, 5.74) is 0. The molecule has 4 nitrogen and oxygen atoms in total. The van der Waals surface area contributed by atoms with E-state index in [1.165, 1.54) is 32.1 Å². The van der Waals surface area contributed by atoms with Crippen LogP contribution in [0.4, 0.5) is 0 Å². The van der Waals surface area contributed by atoms with E-state index < -0.39 is 0 Å². The second-order valence-electron chi connectivity index (χ2n) is 5.21. The summed E-state index contributed by atoms with van der Waals surface area (Å²) >= 11 is 0. The lowest BCUT2D eigenvalue weighted by molar-refractivity contribution is -0.151. The minimum atomic E-state index is -0.0694. The zero-order chi connectivity index (χ0) is 12.6. The van der Waals surface area contributed by atoms with Crippen molar-refractivity contribution in [3.05, 3.63) is 0 Å². The highest BCUT2D eigenvalue weighted by Crippen LogP contribution is 2.17. The molecule has 0 radical (unpaired) electrons. The summed E-state index contributed by atoms with van der Waals surface area (Å²) in [7, 11) is 0. The average molecular weight is 258 g/mol. The second-order valence-corrected chi connectivity index (χ2v) is 5.21. The molecule has 2 unspecified atom stereocenters. The molecule has 0 aromatic heterocycles. The lowest BCUT2D eigenvalue weighted by Gasteiger charge is -2.17. The Morgan fingerprint density at radius 1 is 0.944 bits per heavy atom. The fraction of sp³-hybridized carbons (Fsp3) is 1.00. The third-order valence-electron chi connectivity index (χ3n) is 3.28. The van der Waals surface area contributed by atoms with Crippen molar-refractivity contribution in [2.75, 3.05) is 26.4 Å². The van der Waals surface area contributed by atoms with Gasteiger partial charge in [-0.2, -0.15) is 0 Å². The van der Waals surface area contributed by atoms with Gasteiger partial charge >= 0.3 is 0 Å². The molecule has 0 saturated carbocycles. The van der Waals surface area contributed by atoms with Crippen LogP contribution in [0.5, 0.6) is 0 Å². The zero-order valence-electron chi connectivity index (χ0n) is 11.4. The van der Waals surface area contributed by atoms with Crippen molar-refractivity contribution in [1.29, 1.82) is 0 Å². The van der Waals surface area contributed by atoms with E-state index in [-0.39, 0.29) is 6.29 Å². The molecule has 2 aliphatic heterocycles. The summed E-state index contributed by atoms with van der Waals surface area (Å²) in [5, 5.41) is 0. The van der Waals surface area contributed by atoms with E-state index in [4.69, 9.17) is 18.9 Å². The van der Waals surface area contributed by atoms with Gasteiger partial charge in [0, 0.05) is 0 Å². The number of ether oxygens (including phenoxy) is 4. The summed E-state index contributed by atoms with van der Waals surface area (Å²) in [5.74, 6) is 0. The first-order valence-electron chi connectivity index (χ1n) is 7.35. The molecule has 0 aromatic rings. The van der Waals surface area contributed by atoms with Crippen molar-refractivity contribution in [3.8, 4) is 0 Å². The van der Waals surface area contributed by atoms with Crippen LogP contribution in [-0.4, -0.2) is 44.9 Å². The van der Waals surface area contributed by atoms with Crippen LogP contribution < -0.4 is 0 Å². The molecule has 0 aromatic carbocycles. The molecule has 0 amide bonds. The normalized spacial score (nSPS) is 27.2. The van der Waals surface area contributed by atoms with Crippen LogP contribution in [0.25, 0.3) is 0 Å². The standard InChI is InChI=1S/C14H26O4/c1-2-3-4-5-6-7-14(17-10-12-8-15-12)18-11-13-9-16-13/h12-14H,2-11H2,1H3. The highest BCUT2D eigenvalue weighted by molar-refractivity contribution is 4.69. The van der Waals surface area contributed by atoms with Gasteiger partial charge in [0.15, 0.2) is 6.29 Å². The predicted molar refractivity (Wildman–Crippen MR) is 68.5 cm³/mol. The van der Waals surface area contributed by atoms with E-state index in [2.05, 4.69) is 6.92 Å². The van der Waals surface area contributed by atoms with Gasteiger partial charge < -0.3 is 18.9 Å². The molecule has 18 heavy (non-hydrogen) atoms. The largest absolute Gasteiger partial charge is 0.371 e. The summed E-state index contributed by atoms with van der Waals surface area (Å²) in [6.45, 7) is 5.26. The van der Waals surface area contributed by atoms with E-state index >= 15 is 0 Å². The van der Waals surface area contributed by atoms with Crippen LogP contribution in [-0.2, 0) is 18.9 Å². The molecule has 2 heterocycles. The topological polar surface area (TPSA) is 43.5 Å². The Morgan fingerprint density at radius 2 is 1.50 bits per heavy atom. The quantitative estimate of drug-likeness (QED) is 0.306. The number of unbranched alkanes of at least 4 members (excludes halogenated alkanes) is 4. The van der Waals surface area contributed by atoms with Crippen LogP contribution in [0.15, 0.2) is 0 Å². The molecule has 0 spiro atoms. The molecule has 0 bridgehead atoms. The highest BCUT2D eigenvalue weighted by atomic mass is 16.7. The van der Waals surface area contributed by atoms with Gasteiger partial charge in [-0.1, -0.05) is 32.6 Å². The Balaban J connectivity index is 1.52. The lowest BCUT2D eigenvalue weighted by Crippen LogP contribution is -2.22. The molecule has 2 atom stereocenters. The average Bonchev–Trinajstić information content (AvgIpc) is 3.26. The second kappa shape index (κ2) is 8.10. The Morgan fingerprint density at radius 3 is 2.00 bits per heavy atom. The van der Waals surface area contributed by atoms with Crippen molar-refractivity contribution < 1.29 is 18.9 Å². The molecule has 0 N–H and O–H groups in total. The molecular formula is C14H26O4. The molecule has 2 fully saturated rings. The van der Waals surface area contributed by atoms with Crippen LogP contribution in [0.1, 0.15) is 45.4 Å². The number of hydrogen-bond acceptors (Lipinski definition) is 4. The Bertz CT molecular complexity index is 198. The van der Waals surface area contributed by atoms with Gasteiger partial charge in [-0.3, -0.25) is 0 Å². The van der Waals surface area contributed by atoms with Gasteiger partial charge in [0.1, 0.15) is 12.2 Å². The van der Waals surface area contributed by atoms with Gasteiger partial charge in [0.25, 0.3) is 0 Å². The number of rotatable bonds is 12. The summed E-state index contributed by atoms with van der Waals surface area (Å²) in [6, 6.07) is 0. The Labute approximate surface area is 110 Å². The van der Waals surface area contributed by atoms with E-state index in [0.717, 1.165) is 19.6 Å². The Kier molecular flexibility index (Phi) is 6.41. The van der Waals surface area contributed by atoms with Gasteiger partial charge in [-0.25, -0.2) is 0 Å². The minimum absolute atomic E-state index is 0.0694.